The van der Waals surface area contributed by atoms with E-state index in [0.29, 0.717) is 30.9 Å². The van der Waals surface area contributed by atoms with Crippen LogP contribution in [-0.4, -0.2) is 51.7 Å². The normalized spacial score (nSPS) is 16.5. The molecule has 134 valence electrons. The van der Waals surface area contributed by atoms with E-state index >= 15 is 0 Å². The molecule has 1 aromatic rings. The number of hydrogen-bond acceptors (Lipinski definition) is 4. The van der Waals surface area contributed by atoms with Gasteiger partial charge in [0.25, 0.3) is 0 Å². The van der Waals surface area contributed by atoms with Crippen LogP contribution in [0.5, 0.6) is 5.75 Å². The van der Waals surface area contributed by atoms with Crippen LogP contribution in [-0.2, 0) is 14.8 Å². The fourth-order valence-electron chi connectivity index (χ4n) is 3.12. The van der Waals surface area contributed by atoms with E-state index in [1.807, 2.05) is 6.92 Å². The van der Waals surface area contributed by atoms with Crippen LogP contribution in [0.4, 0.5) is 5.69 Å². The monoisotopic (exact) mass is 354 g/mol. The lowest BCUT2D eigenvalue weighted by Gasteiger charge is -2.35. The molecule has 6 nitrogen and oxygen atoms in total. The van der Waals surface area contributed by atoms with Crippen molar-refractivity contribution in [2.75, 3.05) is 30.8 Å². The average Bonchev–Trinajstić information content (AvgIpc) is 2.58. The van der Waals surface area contributed by atoms with Crippen LogP contribution < -0.4 is 9.04 Å². The quantitative estimate of drug-likeness (QED) is 0.786. The van der Waals surface area contributed by atoms with Gasteiger partial charge in [-0.25, -0.2) is 8.42 Å². The summed E-state index contributed by atoms with van der Waals surface area (Å²) in [4.78, 5) is 14.7. The maximum atomic E-state index is 12.9. The summed E-state index contributed by atoms with van der Waals surface area (Å²) in [5.41, 5.74) is 0.453. The van der Waals surface area contributed by atoms with Gasteiger partial charge in [0, 0.05) is 19.2 Å². The van der Waals surface area contributed by atoms with Gasteiger partial charge in [-0.2, -0.15) is 0 Å². The summed E-state index contributed by atoms with van der Waals surface area (Å²) in [5.74, 6) is 0.437. The van der Waals surface area contributed by atoms with E-state index in [9.17, 15) is 13.2 Å². The summed E-state index contributed by atoms with van der Waals surface area (Å²) >= 11 is 0. The van der Waals surface area contributed by atoms with Crippen molar-refractivity contribution < 1.29 is 17.9 Å². The summed E-state index contributed by atoms with van der Waals surface area (Å²) in [6.45, 7) is 3.24. The largest absolute Gasteiger partial charge is 0.497 e. The Balaban J connectivity index is 2.39. The highest BCUT2D eigenvalue weighted by Crippen LogP contribution is 2.27. The zero-order valence-electron chi connectivity index (χ0n) is 14.6. The molecule has 24 heavy (non-hydrogen) atoms. The molecule has 0 spiro atoms. The minimum atomic E-state index is -3.61. The van der Waals surface area contributed by atoms with Crippen molar-refractivity contribution in [3.63, 3.8) is 0 Å². The van der Waals surface area contributed by atoms with E-state index in [4.69, 9.17) is 4.74 Å². The molecule has 1 aliphatic heterocycles. The minimum absolute atomic E-state index is 0.120. The maximum Gasteiger partial charge on any atom is 0.246 e. The fourth-order valence-corrected chi connectivity index (χ4v) is 4.31. The number of likely N-dealkylation sites (tertiary alicyclic amines) is 1. The fraction of sp³-hybridized carbons (Fsp3) is 0.588. The maximum absolute atomic E-state index is 12.9. The molecule has 0 N–H and O–H groups in total. The van der Waals surface area contributed by atoms with E-state index in [-0.39, 0.29) is 5.91 Å². The number of carbonyl (C=O) groups is 1. The Morgan fingerprint density at radius 2 is 1.96 bits per heavy atom. The Morgan fingerprint density at radius 3 is 2.50 bits per heavy atom. The van der Waals surface area contributed by atoms with Crippen molar-refractivity contribution in [3.8, 4) is 5.75 Å². The Morgan fingerprint density at radius 1 is 1.29 bits per heavy atom. The van der Waals surface area contributed by atoms with E-state index in [0.717, 1.165) is 25.5 Å². The number of benzene rings is 1. The molecule has 1 aromatic carbocycles. The molecule has 1 fully saturated rings. The molecule has 1 amide bonds. The van der Waals surface area contributed by atoms with Crippen molar-refractivity contribution in [1.29, 1.82) is 0 Å². The second kappa shape index (κ2) is 7.88. The summed E-state index contributed by atoms with van der Waals surface area (Å²) in [6.07, 6.45) is 4.62. The molecule has 7 heteroatoms. The first-order valence-corrected chi connectivity index (χ1v) is 10.2. The highest BCUT2D eigenvalue weighted by molar-refractivity contribution is 7.92. The standard InChI is InChI=1S/C17H26N2O4S/c1-4-16(17(20)18-11-6-5-7-12-18)19(24(3,21)22)14-9-8-10-15(13-14)23-2/h8-10,13,16H,4-7,11-12H2,1-3H3. The number of hydrogen-bond donors (Lipinski definition) is 0. The predicted molar refractivity (Wildman–Crippen MR) is 94.8 cm³/mol. The van der Waals surface area contributed by atoms with Gasteiger partial charge in [-0.1, -0.05) is 13.0 Å². The van der Waals surface area contributed by atoms with Gasteiger partial charge in [-0.05, 0) is 37.8 Å². The third-order valence-electron chi connectivity index (χ3n) is 4.29. The van der Waals surface area contributed by atoms with Crippen LogP contribution in [0.15, 0.2) is 24.3 Å². The van der Waals surface area contributed by atoms with Crippen molar-refractivity contribution in [2.24, 2.45) is 0 Å². The van der Waals surface area contributed by atoms with Gasteiger partial charge < -0.3 is 9.64 Å². The topological polar surface area (TPSA) is 66.9 Å². The first-order valence-electron chi connectivity index (χ1n) is 8.30. The van der Waals surface area contributed by atoms with Gasteiger partial charge in [-0.3, -0.25) is 9.10 Å². The first kappa shape index (κ1) is 18.6. The smallest absolute Gasteiger partial charge is 0.246 e. The second-order valence-electron chi connectivity index (χ2n) is 6.07. The molecule has 1 unspecified atom stereocenters. The minimum Gasteiger partial charge on any atom is -0.497 e. The van der Waals surface area contributed by atoms with Gasteiger partial charge in [-0.15, -0.1) is 0 Å². The Kier molecular flexibility index (Phi) is 6.10. The molecule has 1 atom stereocenters. The molecule has 0 aliphatic carbocycles. The summed E-state index contributed by atoms with van der Waals surface area (Å²) in [5, 5.41) is 0. The Bertz CT molecular complexity index is 669. The van der Waals surface area contributed by atoms with Crippen LogP contribution in [0, 0.1) is 0 Å². The second-order valence-corrected chi connectivity index (χ2v) is 7.93. The Labute approximate surface area is 144 Å². The van der Waals surface area contributed by atoms with E-state index < -0.39 is 16.1 Å². The molecular formula is C17H26N2O4S. The zero-order chi connectivity index (χ0) is 17.7. The molecule has 0 bridgehead atoms. The van der Waals surface area contributed by atoms with Crippen molar-refractivity contribution in [2.45, 2.75) is 38.6 Å². The molecule has 2 rings (SSSR count). The van der Waals surface area contributed by atoms with E-state index in [2.05, 4.69) is 0 Å². The van der Waals surface area contributed by atoms with Gasteiger partial charge in [0.15, 0.2) is 0 Å². The van der Waals surface area contributed by atoms with Crippen molar-refractivity contribution >= 4 is 21.6 Å². The number of amides is 1. The lowest BCUT2D eigenvalue weighted by molar-refractivity contribution is -0.133. The molecule has 1 heterocycles. The number of rotatable bonds is 6. The summed E-state index contributed by atoms with van der Waals surface area (Å²) in [7, 11) is -2.08. The summed E-state index contributed by atoms with van der Waals surface area (Å²) < 4.78 is 31.3. The lowest BCUT2D eigenvalue weighted by Crippen LogP contribution is -2.51. The number of ether oxygens (including phenoxy) is 1. The predicted octanol–water partition coefficient (Wildman–Crippen LogP) is 2.25. The first-order chi connectivity index (χ1) is 11.4. The van der Waals surface area contributed by atoms with Crippen LogP contribution in [0.1, 0.15) is 32.6 Å². The van der Waals surface area contributed by atoms with Gasteiger partial charge >= 0.3 is 0 Å². The number of methoxy groups -OCH3 is 1. The molecule has 1 saturated heterocycles. The molecule has 1 aliphatic rings. The highest BCUT2D eigenvalue weighted by atomic mass is 32.2. The number of anilines is 1. The molecule has 0 saturated carbocycles. The Hall–Kier alpha value is -1.76. The van der Waals surface area contributed by atoms with Crippen LogP contribution in [0.2, 0.25) is 0 Å². The number of nitrogens with zero attached hydrogens (tertiary/aromatic N) is 2. The zero-order valence-corrected chi connectivity index (χ0v) is 15.4. The molecule has 0 aromatic heterocycles. The van der Waals surface area contributed by atoms with Gasteiger partial charge in [0.1, 0.15) is 11.8 Å². The van der Waals surface area contributed by atoms with Gasteiger partial charge in [0.2, 0.25) is 15.9 Å². The highest BCUT2D eigenvalue weighted by Gasteiger charge is 2.34. The van der Waals surface area contributed by atoms with E-state index in [1.54, 1.807) is 29.2 Å². The number of piperidine rings is 1. The summed E-state index contributed by atoms with van der Waals surface area (Å²) in [6, 6.07) is 6.08. The van der Waals surface area contributed by atoms with Gasteiger partial charge in [0.05, 0.1) is 19.1 Å². The van der Waals surface area contributed by atoms with Crippen molar-refractivity contribution in [1.82, 2.24) is 4.90 Å². The lowest BCUT2D eigenvalue weighted by atomic mass is 10.1. The molecular weight excluding hydrogens is 328 g/mol. The molecule has 0 radical (unpaired) electrons. The van der Waals surface area contributed by atoms with E-state index in [1.165, 1.54) is 11.4 Å². The van der Waals surface area contributed by atoms with Crippen LogP contribution in [0.25, 0.3) is 0 Å². The third kappa shape index (κ3) is 4.20. The SMILES string of the molecule is CCC(C(=O)N1CCCCC1)N(c1cccc(OC)c1)S(C)(=O)=O. The van der Waals surface area contributed by atoms with Crippen molar-refractivity contribution in [3.05, 3.63) is 24.3 Å². The average molecular weight is 354 g/mol. The third-order valence-corrected chi connectivity index (χ3v) is 5.47. The number of sulfonamides is 1. The van der Waals surface area contributed by atoms with Crippen LogP contribution >= 0.6 is 0 Å². The number of carbonyl (C=O) groups excluding carboxylic acids is 1. The van der Waals surface area contributed by atoms with Crippen LogP contribution in [0.3, 0.4) is 0 Å².